The summed E-state index contributed by atoms with van der Waals surface area (Å²) in [6, 6.07) is 7.84. The molecule has 1 aromatic carbocycles. The molecule has 0 saturated carbocycles. The lowest BCUT2D eigenvalue weighted by atomic mass is 9.81. The summed E-state index contributed by atoms with van der Waals surface area (Å²) in [5, 5.41) is 8.38. The number of esters is 1. The van der Waals surface area contributed by atoms with Crippen molar-refractivity contribution in [2.45, 2.75) is 37.9 Å². The summed E-state index contributed by atoms with van der Waals surface area (Å²) in [7, 11) is 1.36. The summed E-state index contributed by atoms with van der Waals surface area (Å²) in [5.74, 6) is 0.843. The molecule has 1 aliphatic carbocycles. The van der Waals surface area contributed by atoms with Gasteiger partial charge in [-0.05, 0) is 24.8 Å². The minimum atomic E-state index is -0.331. The molecule has 0 radical (unpaired) electrons. The second-order valence-electron chi connectivity index (χ2n) is 7.29. The van der Waals surface area contributed by atoms with Gasteiger partial charge in [0.15, 0.2) is 5.78 Å². The van der Waals surface area contributed by atoms with Gasteiger partial charge in [-0.25, -0.2) is 4.68 Å². The number of rotatable bonds is 4. The Hall–Kier alpha value is -2.61. The fourth-order valence-electron chi connectivity index (χ4n) is 3.69. The first-order valence-corrected chi connectivity index (χ1v) is 10.2. The van der Waals surface area contributed by atoms with Gasteiger partial charge < -0.3 is 10.1 Å². The van der Waals surface area contributed by atoms with E-state index in [2.05, 4.69) is 27.1 Å². The fourth-order valence-corrected chi connectivity index (χ4v) is 4.35. The molecule has 146 valence electrons. The molecule has 1 aliphatic heterocycles. The van der Waals surface area contributed by atoms with E-state index in [1.165, 1.54) is 18.9 Å². The number of nitrogens with one attached hydrogen (secondary N) is 1. The Morgan fingerprint density at radius 3 is 2.79 bits per heavy atom. The third kappa shape index (κ3) is 3.44. The summed E-state index contributed by atoms with van der Waals surface area (Å²) in [6.45, 7) is 4.12. The van der Waals surface area contributed by atoms with E-state index in [9.17, 15) is 9.59 Å². The Morgan fingerprint density at radius 1 is 1.32 bits per heavy atom. The average Bonchev–Trinajstić information content (AvgIpc) is 3.07. The Bertz CT molecular complexity index is 964. The topological polar surface area (TPSA) is 86.1 Å². The van der Waals surface area contributed by atoms with Gasteiger partial charge in [0.05, 0.1) is 12.9 Å². The van der Waals surface area contributed by atoms with Crippen LogP contribution in [0, 0.1) is 12.8 Å². The molecule has 0 unspecified atom stereocenters. The van der Waals surface area contributed by atoms with Crippen LogP contribution in [-0.2, 0) is 14.3 Å². The summed E-state index contributed by atoms with van der Waals surface area (Å²) < 4.78 is 6.45. The Morgan fingerprint density at radius 2 is 2.07 bits per heavy atom. The average molecular weight is 398 g/mol. The quantitative estimate of drug-likeness (QED) is 0.625. The molecule has 2 aliphatic rings. The first kappa shape index (κ1) is 18.7. The first-order chi connectivity index (χ1) is 13.5. The van der Waals surface area contributed by atoms with Crippen molar-refractivity contribution in [3.8, 4) is 0 Å². The molecule has 0 amide bonds. The van der Waals surface area contributed by atoms with Gasteiger partial charge in [-0.2, -0.15) is 4.98 Å². The maximum absolute atomic E-state index is 12.9. The van der Waals surface area contributed by atoms with E-state index in [-0.39, 0.29) is 23.5 Å². The lowest BCUT2D eigenvalue weighted by Crippen LogP contribution is -2.33. The van der Waals surface area contributed by atoms with Crippen molar-refractivity contribution < 1.29 is 14.3 Å². The van der Waals surface area contributed by atoms with E-state index in [1.54, 1.807) is 4.68 Å². The van der Waals surface area contributed by atoms with Crippen LogP contribution in [0.15, 0.2) is 40.7 Å². The van der Waals surface area contributed by atoms with E-state index >= 15 is 0 Å². The van der Waals surface area contributed by atoms with Gasteiger partial charge >= 0.3 is 5.97 Å². The van der Waals surface area contributed by atoms with Crippen LogP contribution in [0.3, 0.4) is 0 Å². The van der Waals surface area contributed by atoms with Gasteiger partial charge in [0.2, 0.25) is 11.1 Å². The normalized spacial score (nSPS) is 21.0. The number of hydrogen-bond acceptors (Lipinski definition) is 7. The highest BCUT2D eigenvalue weighted by Crippen LogP contribution is 2.41. The first-order valence-electron chi connectivity index (χ1n) is 9.22. The number of thioether (sulfide) groups is 1. The fraction of sp³-hybridized carbons (Fsp3) is 0.400. The van der Waals surface area contributed by atoms with E-state index in [0.29, 0.717) is 23.4 Å². The molecule has 0 saturated heterocycles. The molecule has 0 fully saturated rings. The van der Waals surface area contributed by atoms with Gasteiger partial charge in [-0.15, -0.1) is 5.10 Å². The monoisotopic (exact) mass is 398 g/mol. The van der Waals surface area contributed by atoms with Crippen molar-refractivity contribution in [1.29, 1.82) is 0 Å². The number of carbonyl (C=O) groups excluding carboxylic acids is 2. The number of anilines is 1. The molecule has 1 aromatic heterocycles. The highest BCUT2D eigenvalue weighted by atomic mass is 32.2. The minimum absolute atomic E-state index is 0.137. The third-order valence-corrected chi connectivity index (χ3v) is 5.86. The lowest BCUT2D eigenvalue weighted by Gasteiger charge is -2.34. The molecule has 2 heterocycles. The maximum Gasteiger partial charge on any atom is 0.316 e. The van der Waals surface area contributed by atoms with Gasteiger partial charge in [0.25, 0.3) is 0 Å². The second-order valence-corrected chi connectivity index (χ2v) is 8.24. The summed E-state index contributed by atoms with van der Waals surface area (Å²) in [6.07, 6.45) is 1.35. The van der Waals surface area contributed by atoms with Gasteiger partial charge in [0, 0.05) is 17.7 Å². The smallest absolute Gasteiger partial charge is 0.316 e. The lowest BCUT2D eigenvalue weighted by molar-refractivity contribution is -0.137. The van der Waals surface area contributed by atoms with E-state index in [0.717, 1.165) is 28.8 Å². The molecule has 8 heteroatoms. The van der Waals surface area contributed by atoms with E-state index in [4.69, 9.17) is 0 Å². The minimum Gasteiger partial charge on any atom is -0.468 e. The number of hydrogen-bond donors (Lipinski definition) is 1. The van der Waals surface area contributed by atoms with Crippen molar-refractivity contribution in [2.24, 2.45) is 5.92 Å². The van der Waals surface area contributed by atoms with Crippen molar-refractivity contribution >= 4 is 29.5 Å². The summed E-state index contributed by atoms with van der Waals surface area (Å²) in [5.41, 5.74) is 3.85. The standard InChI is InChI=1S/C20H22N4O3S/c1-11-4-6-13(7-5-11)18-17-14(8-12(2)9-15(17)25)21-19-22-20(23-24(18)19)28-10-16(26)27-3/h4-7,12,18H,8-10H2,1-3H3,(H,21,22,23)/t12-,18+/m0/s1. The summed E-state index contributed by atoms with van der Waals surface area (Å²) in [4.78, 5) is 28.9. The molecule has 0 bridgehead atoms. The summed E-state index contributed by atoms with van der Waals surface area (Å²) >= 11 is 1.22. The Kier molecular flexibility index (Phi) is 4.97. The molecule has 28 heavy (non-hydrogen) atoms. The number of fused-ring (bicyclic) bond motifs is 1. The van der Waals surface area contributed by atoms with Crippen LogP contribution in [0.4, 0.5) is 5.95 Å². The van der Waals surface area contributed by atoms with Gasteiger partial charge in [-0.3, -0.25) is 9.59 Å². The third-order valence-electron chi connectivity index (χ3n) is 5.04. The van der Waals surface area contributed by atoms with Crippen LogP contribution in [0.1, 0.15) is 36.9 Å². The predicted octanol–water partition coefficient (Wildman–Crippen LogP) is 3.12. The SMILES string of the molecule is COC(=O)CSc1nc2n(n1)[C@H](c1ccc(C)cc1)C1=C(C[C@H](C)CC1=O)N2. The van der Waals surface area contributed by atoms with Crippen molar-refractivity contribution in [3.63, 3.8) is 0 Å². The van der Waals surface area contributed by atoms with Crippen LogP contribution in [-0.4, -0.2) is 39.4 Å². The van der Waals surface area contributed by atoms with Crippen LogP contribution in [0.2, 0.25) is 0 Å². The number of aromatic nitrogens is 3. The molecule has 2 atom stereocenters. The van der Waals surface area contributed by atoms with Crippen molar-refractivity contribution in [1.82, 2.24) is 14.8 Å². The van der Waals surface area contributed by atoms with Gasteiger partial charge in [-0.1, -0.05) is 48.5 Å². The molecule has 1 N–H and O–H groups in total. The van der Waals surface area contributed by atoms with Crippen LogP contribution in [0.25, 0.3) is 0 Å². The number of allylic oxidation sites excluding steroid dienone is 2. The molecule has 7 nitrogen and oxygen atoms in total. The Labute approximate surface area is 167 Å². The van der Waals surface area contributed by atoms with Crippen LogP contribution in [0.5, 0.6) is 0 Å². The van der Waals surface area contributed by atoms with Crippen molar-refractivity contribution in [3.05, 3.63) is 46.7 Å². The molecule has 0 spiro atoms. The number of aryl methyl sites for hydroxylation is 1. The maximum atomic E-state index is 12.9. The van der Waals surface area contributed by atoms with E-state index < -0.39 is 0 Å². The zero-order chi connectivity index (χ0) is 19.8. The molecular formula is C20H22N4O3S. The zero-order valence-electron chi connectivity index (χ0n) is 16.1. The molecular weight excluding hydrogens is 376 g/mol. The largest absolute Gasteiger partial charge is 0.468 e. The van der Waals surface area contributed by atoms with E-state index in [1.807, 2.05) is 31.2 Å². The van der Waals surface area contributed by atoms with Gasteiger partial charge in [0.1, 0.15) is 6.04 Å². The number of benzene rings is 1. The number of ether oxygens (including phenoxy) is 1. The second kappa shape index (κ2) is 7.43. The Balaban J connectivity index is 1.76. The number of nitrogens with zero attached hydrogens (tertiary/aromatic N) is 3. The number of Topliss-reactive ketones (excluding diaryl/α,β-unsaturated/α-hetero) is 1. The molecule has 2 aromatic rings. The highest BCUT2D eigenvalue weighted by molar-refractivity contribution is 7.99. The number of ketones is 1. The van der Waals surface area contributed by atoms with Crippen LogP contribution < -0.4 is 5.32 Å². The zero-order valence-corrected chi connectivity index (χ0v) is 16.9. The van der Waals surface area contributed by atoms with Crippen molar-refractivity contribution in [2.75, 3.05) is 18.2 Å². The molecule has 4 rings (SSSR count). The predicted molar refractivity (Wildman–Crippen MR) is 106 cm³/mol. The number of methoxy groups -OCH3 is 1. The number of carbonyl (C=O) groups is 2. The van der Waals surface area contributed by atoms with Crippen LogP contribution >= 0.6 is 11.8 Å². The highest BCUT2D eigenvalue weighted by Gasteiger charge is 2.38.